The van der Waals surface area contributed by atoms with E-state index in [1.807, 2.05) is 13.8 Å². The molecule has 2 rings (SSSR count). The minimum absolute atomic E-state index is 0.00154. The van der Waals surface area contributed by atoms with E-state index in [-0.39, 0.29) is 60.8 Å². The first-order chi connectivity index (χ1) is 16.1. The van der Waals surface area contributed by atoms with Gasteiger partial charge in [-0.15, -0.1) is 0 Å². The van der Waals surface area contributed by atoms with E-state index in [0.717, 1.165) is 15.5 Å². The summed E-state index contributed by atoms with van der Waals surface area (Å²) in [5.74, 6) is -0.975. The molecule has 0 atom stereocenters. The Labute approximate surface area is 195 Å². The molecule has 0 bridgehead atoms. The normalized spacial score (nSPS) is 10.9. The zero-order valence-corrected chi connectivity index (χ0v) is 19.7. The van der Waals surface area contributed by atoms with Crippen molar-refractivity contribution in [2.24, 2.45) is 5.92 Å². The van der Waals surface area contributed by atoms with Crippen molar-refractivity contribution in [1.29, 1.82) is 0 Å². The predicted octanol–water partition coefficient (Wildman–Crippen LogP) is 1.38. The number of nitro benzene ring substituents is 1. The molecule has 0 fully saturated rings. The molecule has 34 heavy (non-hydrogen) atoms. The number of carbonyl (C=O) groups is 1. The lowest BCUT2D eigenvalue weighted by Gasteiger charge is -2.25. The van der Waals surface area contributed by atoms with Gasteiger partial charge >= 0.3 is 5.69 Å². The zero-order chi connectivity index (χ0) is 25.6. The van der Waals surface area contributed by atoms with Crippen molar-refractivity contribution in [3.63, 3.8) is 0 Å². The number of aromatic nitrogens is 2. The number of ether oxygens (including phenoxy) is 3. The Bertz CT molecular complexity index is 1170. The number of nitrogen functional groups attached to an aromatic ring is 1. The van der Waals surface area contributed by atoms with E-state index in [2.05, 4.69) is 4.98 Å². The number of nitro groups is 1. The molecule has 0 aliphatic carbocycles. The van der Waals surface area contributed by atoms with Crippen molar-refractivity contribution in [3.8, 4) is 11.5 Å². The maximum Gasteiger partial charge on any atom is 0.330 e. The number of nitrogens with zero attached hydrogens (tertiary/aromatic N) is 3. The number of amides is 1. The average molecular weight is 479 g/mol. The molecule has 0 saturated heterocycles. The van der Waals surface area contributed by atoms with Crippen LogP contribution in [0.1, 0.15) is 31.1 Å². The molecular formula is C21H29N5O8. The summed E-state index contributed by atoms with van der Waals surface area (Å²) in [5, 5.41) is 11.8. The minimum atomic E-state index is -0.910. The van der Waals surface area contributed by atoms with E-state index in [4.69, 9.17) is 19.9 Å². The van der Waals surface area contributed by atoms with E-state index in [1.54, 1.807) is 6.92 Å². The lowest BCUT2D eigenvalue weighted by molar-refractivity contribution is -0.385. The van der Waals surface area contributed by atoms with Crippen molar-refractivity contribution < 1.29 is 23.9 Å². The van der Waals surface area contributed by atoms with Gasteiger partial charge in [-0.2, -0.15) is 0 Å². The smallest absolute Gasteiger partial charge is 0.330 e. The fourth-order valence-electron chi connectivity index (χ4n) is 3.33. The quantitative estimate of drug-likeness (QED) is 0.357. The number of carbonyl (C=O) groups excluding carboxylic acids is 1. The van der Waals surface area contributed by atoms with Crippen molar-refractivity contribution in [2.75, 3.05) is 44.6 Å². The van der Waals surface area contributed by atoms with E-state index >= 15 is 0 Å². The second-order valence-electron chi connectivity index (χ2n) is 7.66. The topological polar surface area (TPSA) is 172 Å². The van der Waals surface area contributed by atoms with Crippen LogP contribution in [0.4, 0.5) is 17.2 Å². The molecule has 2 aromatic rings. The lowest BCUT2D eigenvalue weighted by Crippen LogP contribution is -2.43. The molecule has 0 saturated carbocycles. The Morgan fingerprint density at radius 3 is 2.47 bits per heavy atom. The number of hydrogen-bond donors (Lipinski definition) is 2. The van der Waals surface area contributed by atoms with Gasteiger partial charge in [-0.3, -0.25) is 34.2 Å². The third kappa shape index (κ3) is 5.54. The van der Waals surface area contributed by atoms with Crippen molar-refractivity contribution in [1.82, 2.24) is 9.55 Å². The average Bonchev–Trinajstić information content (AvgIpc) is 2.77. The largest absolute Gasteiger partial charge is 0.493 e. The van der Waals surface area contributed by atoms with Gasteiger partial charge in [0.2, 0.25) is 0 Å². The molecule has 1 aromatic carbocycles. The third-order valence-electron chi connectivity index (χ3n) is 4.80. The standard InChI is InChI=1S/C21H29N5O8/c1-6-34-16-10-14(26(30)31)13(9-15(16)33-5)20(28)24(7-8-32-4)17-18(22)25(11-12(2)3)21(29)23-19(17)27/h9-10,12H,6-8,11,22H2,1-5H3,(H,23,27,29). The monoisotopic (exact) mass is 479 g/mol. The number of anilines is 2. The van der Waals surface area contributed by atoms with Crippen LogP contribution in [0.2, 0.25) is 0 Å². The molecule has 0 aliphatic heterocycles. The SMILES string of the molecule is CCOc1cc([N+](=O)[O-])c(C(=O)N(CCOC)c2c(N)n(CC(C)C)c(=O)[nH]c2=O)cc1OC. The first-order valence-corrected chi connectivity index (χ1v) is 10.5. The molecular weight excluding hydrogens is 450 g/mol. The van der Waals surface area contributed by atoms with Crippen LogP contribution >= 0.6 is 0 Å². The van der Waals surface area contributed by atoms with Crippen molar-refractivity contribution >= 4 is 23.1 Å². The van der Waals surface area contributed by atoms with E-state index in [1.165, 1.54) is 20.3 Å². The molecule has 186 valence electrons. The molecule has 0 radical (unpaired) electrons. The number of nitrogens with two attached hydrogens (primary N) is 1. The summed E-state index contributed by atoms with van der Waals surface area (Å²) in [7, 11) is 2.71. The molecule has 13 heteroatoms. The van der Waals surface area contributed by atoms with Crippen LogP contribution in [-0.2, 0) is 11.3 Å². The number of hydrogen-bond acceptors (Lipinski definition) is 9. The molecule has 0 aliphatic rings. The summed E-state index contributed by atoms with van der Waals surface area (Å²) >= 11 is 0. The molecule has 1 aromatic heterocycles. The second kappa shape index (κ2) is 11.3. The second-order valence-corrected chi connectivity index (χ2v) is 7.66. The Morgan fingerprint density at radius 2 is 1.94 bits per heavy atom. The Balaban J connectivity index is 2.77. The fourth-order valence-corrected chi connectivity index (χ4v) is 3.33. The molecule has 0 unspecified atom stereocenters. The predicted molar refractivity (Wildman–Crippen MR) is 125 cm³/mol. The molecule has 13 nitrogen and oxygen atoms in total. The summed E-state index contributed by atoms with van der Waals surface area (Å²) in [6.45, 7) is 5.59. The summed E-state index contributed by atoms with van der Waals surface area (Å²) in [4.78, 5) is 52.9. The highest BCUT2D eigenvalue weighted by Gasteiger charge is 2.32. The van der Waals surface area contributed by atoms with Gasteiger partial charge < -0.3 is 19.9 Å². The van der Waals surface area contributed by atoms with Gasteiger partial charge in [-0.1, -0.05) is 13.8 Å². The maximum atomic E-state index is 13.6. The highest BCUT2D eigenvalue weighted by Crippen LogP contribution is 2.36. The summed E-state index contributed by atoms with van der Waals surface area (Å²) in [6, 6.07) is 2.25. The number of aromatic amines is 1. The van der Waals surface area contributed by atoms with Crippen LogP contribution < -0.4 is 31.4 Å². The van der Waals surface area contributed by atoms with Crippen LogP contribution in [0.15, 0.2) is 21.7 Å². The molecule has 1 amide bonds. The highest BCUT2D eigenvalue weighted by atomic mass is 16.6. The Hall–Kier alpha value is -3.87. The van der Waals surface area contributed by atoms with Gasteiger partial charge in [0.05, 0.1) is 31.3 Å². The van der Waals surface area contributed by atoms with Gasteiger partial charge in [0.1, 0.15) is 11.4 Å². The molecule has 0 spiro atoms. The number of rotatable bonds is 11. The highest BCUT2D eigenvalue weighted by molar-refractivity contribution is 6.10. The first kappa shape index (κ1) is 26.4. The van der Waals surface area contributed by atoms with E-state index < -0.39 is 27.8 Å². The fraction of sp³-hybridized carbons (Fsp3) is 0.476. The van der Waals surface area contributed by atoms with Gasteiger partial charge in [-0.25, -0.2) is 4.79 Å². The third-order valence-corrected chi connectivity index (χ3v) is 4.80. The van der Waals surface area contributed by atoms with Crippen LogP contribution in [0.3, 0.4) is 0 Å². The van der Waals surface area contributed by atoms with E-state index in [0.29, 0.717) is 0 Å². The van der Waals surface area contributed by atoms with Crippen molar-refractivity contribution in [2.45, 2.75) is 27.3 Å². The van der Waals surface area contributed by atoms with Gasteiger partial charge in [0.25, 0.3) is 17.2 Å². The van der Waals surface area contributed by atoms with Gasteiger partial charge in [0.15, 0.2) is 17.2 Å². The minimum Gasteiger partial charge on any atom is -0.493 e. The summed E-state index contributed by atoms with van der Waals surface area (Å²) in [6.07, 6.45) is 0. The number of H-pyrrole nitrogens is 1. The van der Waals surface area contributed by atoms with E-state index in [9.17, 15) is 24.5 Å². The number of benzene rings is 1. The Kier molecular flexibility index (Phi) is 8.78. The number of methoxy groups -OCH3 is 2. The van der Waals surface area contributed by atoms with Gasteiger partial charge in [-0.05, 0) is 12.8 Å². The van der Waals surface area contributed by atoms with Crippen molar-refractivity contribution in [3.05, 3.63) is 48.6 Å². The first-order valence-electron chi connectivity index (χ1n) is 10.5. The lowest BCUT2D eigenvalue weighted by atomic mass is 10.1. The summed E-state index contributed by atoms with van der Waals surface area (Å²) < 4.78 is 16.8. The van der Waals surface area contributed by atoms with Gasteiger partial charge in [0, 0.05) is 26.3 Å². The van der Waals surface area contributed by atoms with Crippen LogP contribution in [0, 0.1) is 16.0 Å². The Morgan fingerprint density at radius 1 is 1.26 bits per heavy atom. The number of nitrogens with one attached hydrogen (secondary N) is 1. The van der Waals surface area contributed by atoms with Crippen LogP contribution in [0.5, 0.6) is 11.5 Å². The maximum absolute atomic E-state index is 13.6. The zero-order valence-electron chi connectivity index (χ0n) is 19.7. The van der Waals surface area contributed by atoms with Crippen LogP contribution in [-0.4, -0.2) is 54.4 Å². The molecule has 3 N–H and O–H groups in total. The summed E-state index contributed by atoms with van der Waals surface area (Å²) in [5.41, 5.74) is 3.30. The molecule has 1 heterocycles. The van der Waals surface area contributed by atoms with Crippen LogP contribution in [0.25, 0.3) is 0 Å².